The zero-order valence-electron chi connectivity index (χ0n) is 11.6. The summed E-state index contributed by atoms with van der Waals surface area (Å²) >= 11 is 0. The molecule has 5 nitrogen and oxygen atoms in total. The molecule has 2 rings (SSSR count). The summed E-state index contributed by atoms with van der Waals surface area (Å²) in [5, 5.41) is 0. The first kappa shape index (κ1) is 14.8. The SMILES string of the molecule is CCCCCCCN1C(=O)c2ccc(N)cc2S1(=O)=O. The number of carbonyl (C=O) groups is 1. The van der Waals surface area contributed by atoms with Crippen LogP contribution in [0.1, 0.15) is 49.4 Å². The van der Waals surface area contributed by atoms with Crippen molar-refractivity contribution in [2.75, 3.05) is 12.3 Å². The van der Waals surface area contributed by atoms with Crippen molar-refractivity contribution in [3.63, 3.8) is 0 Å². The molecule has 0 saturated carbocycles. The molecule has 0 aliphatic carbocycles. The first-order valence-electron chi connectivity index (χ1n) is 6.95. The van der Waals surface area contributed by atoms with E-state index in [2.05, 4.69) is 6.92 Å². The van der Waals surface area contributed by atoms with Gasteiger partial charge in [-0.15, -0.1) is 0 Å². The van der Waals surface area contributed by atoms with Crippen LogP contribution < -0.4 is 5.73 Å². The van der Waals surface area contributed by atoms with E-state index in [1.54, 1.807) is 6.07 Å². The highest BCUT2D eigenvalue weighted by Gasteiger charge is 2.40. The second kappa shape index (κ2) is 5.83. The lowest BCUT2D eigenvalue weighted by atomic mass is 10.1. The molecule has 0 fully saturated rings. The standard InChI is InChI=1S/C14H20N2O3S/c1-2-3-4-5-6-9-16-14(17)12-8-7-11(15)10-13(12)20(16,18)19/h7-8,10H,2-6,9,15H2,1H3. The van der Waals surface area contributed by atoms with Gasteiger partial charge in [0.25, 0.3) is 15.9 Å². The average molecular weight is 296 g/mol. The molecule has 1 heterocycles. The molecular weight excluding hydrogens is 276 g/mol. The van der Waals surface area contributed by atoms with Crippen LogP contribution in [0.25, 0.3) is 0 Å². The van der Waals surface area contributed by atoms with Crippen LogP contribution in [0.5, 0.6) is 0 Å². The van der Waals surface area contributed by atoms with Crippen molar-refractivity contribution in [1.82, 2.24) is 4.31 Å². The van der Waals surface area contributed by atoms with Crippen LogP contribution in [0, 0.1) is 0 Å². The van der Waals surface area contributed by atoms with E-state index in [0.29, 0.717) is 12.1 Å². The van der Waals surface area contributed by atoms with E-state index in [1.165, 1.54) is 12.1 Å². The Hall–Kier alpha value is -1.56. The van der Waals surface area contributed by atoms with Crippen LogP contribution >= 0.6 is 0 Å². The molecule has 0 bridgehead atoms. The number of sulfonamides is 1. The zero-order valence-corrected chi connectivity index (χ0v) is 12.4. The third kappa shape index (κ3) is 2.65. The summed E-state index contributed by atoms with van der Waals surface area (Å²) in [7, 11) is -3.71. The molecule has 0 spiro atoms. The second-order valence-electron chi connectivity index (χ2n) is 5.05. The summed E-state index contributed by atoms with van der Waals surface area (Å²) in [5.41, 5.74) is 6.18. The number of unbranched alkanes of at least 4 members (excludes halogenated alkanes) is 4. The van der Waals surface area contributed by atoms with Crippen molar-refractivity contribution in [1.29, 1.82) is 0 Å². The van der Waals surface area contributed by atoms with Crippen LogP contribution in [0.4, 0.5) is 5.69 Å². The van der Waals surface area contributed by atoms with Gasteiger partial charge in [0.15, 0.2) is 0 Å². The Morgan fingerprint density at radius 1 is 1.15 bits per heavy atom. The summed E-state index contributed by atoms with van der Waals surface area (Å²) < 4.78 is 25.6. The molecule has 1 aliphatic heterocycles. The highest BCUT2D eigenvalue weighted by atomic mass is 32.2. The van der Waals surface area contributed by atoms with Gasteiger partial charge in [0.1, 0.15) is 4.90 Å². The normalized spacial score (nSPS) is 16.4. The fraction of sp³-hybridized carbons (Fsp3) is 0.500. The predicted molar refractivity (Wildman–Crippen MR) is 77.8 cm³/mol. The Kier molecular flexibility index (Phi) is 4.32. The van der Waals surface area contributed by atoms with Gasteiger partial charge in [-0.25, -0.2) is 12.7 Å². The minimum absolute atomic E-state index is 0.0380. The second-order valence-corrected chi connectivity index (χ2v) is 6.88. The van der Waals surface area contributed by atoms with E-state index in [1.807, 2.05) is 0 Å². The van der Waals surface area contributed by atoms with E-state index >= 15 is 0 Å². The van der Waals surface area contributed by atoms with Crippen molar-refractivity contribution in [3.05, 3.63) is 23.8 Å². The third-order valence-corrected chi connectivity index (χ3v) is 5.32. The van der Waals surface area contributed by atoms with Crippen molar-refractivity contribution < 1.29 is 13.2 Å². The molecule has 1 aromatic carbocycles. The Labute approximate surface area is 119 Å². The summed E-state index contributed by atoms with van der Waals surface area (Å²) in [6.07, 6.45) is 4.97. The van der Waals surface area contributed by atoms with E-state index in [9.17, 15) is 13.2 Å². The molecule has 0 atom stereocenters. The predicted octanol–water partition coefficient (Wildman–Crippen LogP) is 2.38. The van der Waals surface area contributed by atoms with Gasteiger partial charge < -0.3 is 5.73 Å². The maximum atomic E-state index is 12.3. The molecule has 1 amide bonds. The number of nitrogen functional groups attached to an aromatic ring is 1. The van der Waals surface area contributed by atoms with E-state index in [0.717, 1.165) is 30.0 Å². The van der Waals surface area contributed by atoms with Gasteiger partial charge >= 0.3 is 0 Å². The summed E-state index contributed by atoms with van der Waals surface area (Å²) in [6.45, 7) is 2.37. The number of anilines is 1. The molecule has 1 aliphatic rings. The number of hydrogen-bond acceptors (Lipinski definition) is 4. The van der Waals surface area contributed by atoms with E-state index in [4.69, 9.17) is 5.73 Å². The Balaban J connectivity index is 2.11. The van der Waals surface area contributed by atoms with Gasteiger partial charge in [0.2, 0.25) is 0 Å². The monoisotopic (exact) mass is 296 g/mol. The molecule has 0 radical (unpaired) electrons. The lowest BCUT2D eigenvalue weighted by molar-refractivity contribution is 0.0869. The number of nitrogens with two attached hydrogens (primary N) is 1. The van der Waals surface area contributed by atoms with Crippen molar-refractivity contribution >= 4 is 21.6 Å². The number of hydrogen-bond donors (Lipinski definition) is 1. The van der Waals surface area contributed by atoms with Gasteiger partial charge in [0, 0.05) is 12.2 Å². The van der Waals surface area contributed by atoms with Crippen LogP contribution in [-0.2, 0) is 10.0 Å². The molecule has 0 aromatic heterocycles. The molecular formula is C14H20N2O3S. The number of amides is 1. The molecule has 0 unspecified atom stereocenters. The molecule has 110 valence electrons. The van der Waals surface area contributed by atoms with Crippen molar-refractivity contribution in [2.45, 2.75) is 43.9 Å². The Morgan fingerprint density at radius 2 is 1.85 bits per heavy atom. The maximum Gasteiger partial charge on any atom is 0.269 e. The van der Waals surface area contributed by atoms with Gasteiger partial charge in [-0.2, -0.15) is 0 Å². The number of carbonyl (C=O) groups excluding carboxylic acids is 1. The average Bonchev–Trinajstić information content (AvgIpc) is 2.59. The summed E-state index contributed by atoms with van der Waals surface area (Å²) in [5.74, 6) is -0.435. The van der Waals surface area contributed by atoms with E-state index < -0.39 is 15.9 Å². The zero-order chi connectivity index (χ0) is 14.8. The highest BCUT2D eigenvalue weighted by Crippen LogP contribution is 2.31. The van der Waals surface area contributed by atoms with Crippen LogP contribution in [0.2, 0.25) is 0 Å². The minimum atomic E-state index is -3.71. The minimum Gasteiger partial charge on any atom is -0.399 e. The lowest BCUT2D eigenvalue weighted by Gasteiger charge is -2.14. The van der Waals surface area contributed by atoms with Crippen LogP contribution in [-0.4, -0.2) is 25.2 Å². The smallest absolute Gasteiger partial charge is 0.269 e. The van der Waals surface area contributed by atoms with Crippen molar-refractivity contribution in [2.24, 2.45) is 0 Å². The van der Waals surface area contributed by atoms with Gasteiger partial charge in [0.05, 0.1) is 5.56 Å². The van der Waals surface area contributed by atoms with E-state index in [-0.39, 0.29) is 17.0 Å². The first-order chi connectivity index (χ1) is 9.48. The number of fused-ring (bicyclic) bond motifs is 1. The Morgan fingerprint density at radius 3 is 2.55 bits per heavy atom. The number of rotatable bonds is 6. The van der Waals surface area contributed by atoms with Gasteiger partial charge in [-0.1, -0.05) is 32.6 Å². The van der Waals surface area contributed by atoms with Gasteiger partial charge in [-0.3, -0.25) is 4.79 Å². The van der Waals surface area contributed by atoms with Crippen LogP contribution in [0.3, 0.4) is 0 Å². The van der Waals surface area contributed by atoms with Crippen molar-refractivity contribution in [3.8, 4) is 0 Å². The topological polar surface area (TPSA) is 80.5 Å². The maximum absolute atomic E-state index is 12.3. The molecule has 0 saturated heterocycles. The molecule has 2 N–H and O–H groups in total. The quantitative estimate of drug-likeness (QED) is 0.645. The summed E-state index contributed by atoms with van der Waals surface area (Å²) in [6, 6.07) is 4.40. The third-order valence-electron chi connectivity index (χ3n) is 3.50. The van der Waals surface area contributed by atoms with Gasteiger partial charge in [-0.05, 0) is 24.6 Å². The number of benzene rings is 1. The van der Waals surface area contributed by atoms with Crippen LogP contribution in [0.15, 0.2) is 23.1 Å². The molecule has 1 aromatic rings. The summed E-state index contributed by atoms with van der Waals surface area (Å²) in [4.78, 5) is 12.2. The first-order valence-corrected chi connectivity index (χ1v) is 8.39. The number of nitrogens with zero attached hydrogens (tertiary/aromatic N) is 1. The molecule has 6 heteroatoms. The fourth-order valence-electron chi connectivity index (χ4n) is 2.37. The highest BCUT2D eigenvalue weighted by molar-refractivity contribution is 7.90. The fourth-order valence-corrected chi connectivity index (χ4v) is 4.01. The largest absolute Gasteiger partial charge is 0.399 e. The lowest BCUT2D eigenvalue weighted by Crippen LogP contribution is -2.30. The Bertz CT molecular complexity index is 611. The molecule has 20 heavy (non-hydrogen) atoms.